The minimum absolute atomic E-state index is 0.270. The number of halogens is 1. The summed E-state index contributed by atoms with van der Waals surface area (Å²) in [5.74, 6) is 0.168. The second-order valence-corrected chi connectivity index (χ2v) is 6.10. The van der Waals surface area contributed by atoms with Gasteiger partial charge in [0.2, 0.25) is 5.88 Å². The first-order chi connectivity index (χ1) is 12.0. The first-order valence-corrected chi connectivity index (χ1v) is 8.33. The van der Waals surface area contributed by atoms with Gasteiger partial charge in [0.25, 0.3) is 0 Å². The van der Waals surface area contributed by atoms with Gasteiger partial charge < -0.3 is 9.30 Å². The van der Waals surface area contributed by atoms with Crippen LogP contribution in [0.15, 0.2) is 30.3 Å². The molecule has 0 spiro atoms. The van der Waals surface area contributed by atoms with Gasteiger partial charge in [0.05, 0.1) is 0 Å². The molecule has 4 nitrogen and oxygen atoms in total. The van der Waals surface area contributed by atoms with E-state index in [1.807, 2.05) is 6.07 Å². The van der Waals surface area contributed by atoms with E-state index in [-0.39, 0.29) is 12.4 Å². The van der Waals surface area contributed by atoms with Gasteiger partial charge in [-0.15, -0.1) is 0 Å². The highest BCUT2D eigenvalue weighted by molar-refractivity contribution is 5.89. The lowest BCUT2D eigenvalue weighted by Crippen LogP contribution is -2.04. The molecule has 25 heavy (non-hydrogen) atoms. The van der Waals surface area contributed by atoms with Crippen LogP contribution in [0.3, 0.4) is 0 Å². The normalized spacial score (nSPS) is 10.8. The van der Waals surface area contributed by atoms with E-state index in [0.29, 0.717) is 11.6 Å². The smallest absolute Gasteiger partial charge is 0.240 e. The van der Waals surface area contributed by atoms with E-state index in [2.05, 4.69) is 36.4 Å². The molecule has 0 fully saturated rings. The van der Waals surface area contributed by atoms with Gasteiger partial charge in [-0.2, -0.15) is 5.26 Å². The van der Waals surface area contributed by atoms with Gasteiger partial charge in [-0.05, 0) is 49.6 Å². The summed E-state index contributed by atoms with van der Waals surface area (Å²) in [7, 11) is 0. The fraction of sp³-hybridized carbons (Fsp3) is 0.300. The third-order valence-electron chi connectivity index (χ3n) is 4.43. The topological polar surface area (TPSA) is 50.8 Å². The van der Waals surface area contributed by atoms with Crippen LogP contribution >= 0.6 is 0 Å². The maximum Gasteiger partial charge on any atom is 0.240 e. The molecule has 3 rings (SSSR count). The van der Waals surface area contributed by atoms with Gasteiger partial charge in [0.15, 0.2) is 0 Å². The number of ether oxygens (including phenoxy) is 1. The number of benzene rings is 1. The Balaban J connectivity index is 2.07. The molecular weight excluding hydrogens is 317 g/mol. The maximum absolute atomic E-state index is 13.0. The van der Waals surface area contributed by atoms with Crippen LogP contribution in [0.25, 0.3) is 10.9 Å². The minimum atomic E-state index is -0.279. The molecule has 5 heteroatoms. The molecule has 0 saturated heterocycles. The van der Waals surface area contributed by atoms with Crippen molar-refractivity contribution in [3.05, 3.63) is 58.7 Å². The van der Waals surface area contributed by atoms with Gasteiger partial charge in [0, 0.05) is 17.6 Å². The van der Waals surface area contributed by atoms with Crippen LogP contribution < -0.4 is 4.74 Å². The van der Waals surface area contributed by atoms with Crippen molar-refractivity contribution in [2.75, 3.05) is 0 Å². The van der Waals surface area contributed by atoms with Crippen molar-refractivity contribution in [3.63, 3.8) is 0 Å². The van der Waals surface area contributed by atoms with E-state index in [9.17, 15) is 9.65 Å². The number of fused-ring (bicyclic) bond motifs is 1. The third-order valence-corrected chi connectivity index (χ3v) is 4.43. The van der Waals surface area contributed by atoms with Crippen LogP contribution in [-0.4, -0.2) is 9.55 Å². The predicted octanol–water partition coefficient (Wildman–Crippen LogP) is 4.65. The van der Waals surface area contributed by atoms with Crippen LogP contribution in [0, 0.1) is 31.0 Å². The number of rotatable bonds is 5. The SMILES string of the molecule is CCCn1c(C)c(C)c2cc(C#N)nc(OCc3ccc(F)cc3)c21. The average Bonchev–Trinajstić information content (AvgIpc) is 2.86. The molecular formula is C20H20FN3O. The van der Waals surface area contributed by atoms with Crippen molar-refractivity contribution in [1.29, 1.82) is 5.26 Å². The quantitative estimate of drug-likeness (QED) is 0.681. The van der Waals surface area contributed by atoms with E-state index in [0.717, 1.165) is 40.7 Å². The Morgan fingerprint density at radius 2 is 1.96 bits per heavy atom. The highest BCUT2D eigenvalue weighted by Gasteiger charge is 2.18. The number of hydrogen-bond donors (Lipinski definition) is 0. The molecule has 0 aliphatic rings. The molecule has 2 aromatic heterocycles. The second kappa shape index (κ2) is 6.94. The molecule has 0 unspecified atom stereocenters. The largest absolute Gasteiger partial charge is 0.471 e. The summed E-state index contributed by atoms with van der Waals surface area (Å²) in [5, 5.41) is 10.3. The molecule has 0 aliphatic heterocycles. The zero-order valence-electron chi connectivity index (χ0n) is 14.6. The minimum Gasteiger partial charge on any atom is -0.471 e. The number of pyridine rings is 1. The zero-order chi connectivity index (χ0) is 18.0. The zero-order valence-corrected chi connectivity index (χ0v) is 14.6. The van der Waals surface area contributed by atoms with E-state index in [1.54, 1.807) is 12.1 Å². The van der Waals surface area contributed by atoms with E-state index < -0.39 is 0 Å². The fourth-order valence-electron chi connectivity index (χ4n) is 3.02. The van der Waals surface area contributed by atoms with Gasteiger partial charge >= 0.3 is 0 Å². The molecule has 0 atom stereocenters. The number of aromatic nitrogens is 2. The van der Waals surface area contributed by atoms with Crippen molar-refractivity contribution in [2.45, 2.75) is 40.3 Å². The Hall–Kier alpha value is -2.87. The van der Waals surface area contributed by atoms with Gasteiger partial charge in [-0.1, -0.05) is 19.1 Å². The fourth-order valence-corrected chi connectivity index (χ4v) is 3.02. The first-order valence-electron chi connectivity index (χ1n) is 8.33. The van der Waals surface area contributed by atoms with Crippen LogP contribution in [0.1, 0.15) is 35.9 Å². The Morgan fingerprint density at radius 3 is 2.60 bits per heavy atom. The molecule has 0 bridgehead atoms. The van der Waals surface area contributed by atoms with E-state index in [4.69, 9.17) is 4.74 Å². The summed E-state index contributed by atoms with van der Waals surface area (Å²) in [6.07, 6.45) is 0.988. The van der Waals surface area contributed by atoms with Crippen molar-refractivity contribution >= 4 is 10.9 Å². The Labute approximate surface area is 146 Å². The summed E-state index contributed by atoms with van der Waals surface area (Å²) < 4.78 is 21.2. The highest BCUT2D eigenvalue weighted by Crippen LogP contribution is 2.32. The Kier molecular flexibility index (Phi) is 4.71. The summed E-state index contributed by atoms with van der Waals surface area (Å²) in [6.45, 7) is 7.37. The van der Waals surface area contributed by atoms with Crippen molar-refractivity contribution in [3.8, 4) is 11.9 Å². The lowest BCUT2D eigenvalue weighted by atomic mass is 10.1. The van der Waals surface area contributed by atoms with Crippen LogP contribution in [0.5, 0.6) is 5.88 Å². The average molecular weight is 337 g/mol. The molecule has 0 amide bonds. The number of nitrogens with zero attached hydrogens (tertiary/aromatic N) is 3. The molecule has 1 aromatic carbocycles. The Bertz CT molecular complexity index is 952. The van der Waals surface area contributed by atoms with E-state index in [1.165, 1.54) is 12.1 Å². The molecule has 0 N–H and O–H groups in total. The van der Waals surface area contributed by atoms with Gasteiger partial charge in [-0.3, -0.25) is 0 Å². The van der Waals surface area contributed by atoms with E-state index >= 15 is 0 Å². The number of hydrogen-bond acceptors (Lipinski definition) is 3. The number of nitriles is 1. The lowest BCUT2D eigenvalue weighted by Gasteiger charge is -2.11. The maximum atomic E-state index is 13.0. The standard InChI is InChI=1S/C20H20FN3O/c1-4-9-24-14(3)13(2)18-10-17(11-22)23-20(19(18)24)25-12-15-5-7-16(21)8-6-15/h5-8,10H,4,9,12H2,1-3H3. The van der Waals surface area contributed by atoms with Crippen molar-refractivity contribution in [1.82, 2.24) is 9.55 Å². The summed E-state index contributed by atoms with van der Waals surface area (Å²) in [4.78, 5) is 4.37. The third kappa shape index (κ3) is 3.20. The predicted molar refractivity (Wildman–Crippen MR) is 94.9 cm³/mol. The second-order valence-electron chi connectivity index (χ2n) is 6.10. The first kappa shape index (κ1) is 17.0. The Morgan fingerprint density at radius 1 is 1.24 bits per heavy atom. The van der Waals surface area contributed by atoms with Gasteiger partial charge in [-0.25, -0.2) is 9.37 Å². The summed E-state index contributed by atoms with van der Waals surface area (Å²) >= 11 is 0. The molecule has 3 aromatic rings. The van der Waals surface area contributed by atoms with Crippen molar-refractivity contribution < 1.29 is 9.13 Å². The van der Waals surface area contributed by atoms with Crippen LogP contribution in [0.4, 0.5) is 4.39 Å². The van der Waals surface area contributed by atoms with Gasteiger partial charge in [0.1, 0.15) is 29.7 Å². The molecule has 0 saturated carbocycles. The lowest BCUT2D eigenvalue weighted by molar-refractivity contribution is 0.296. The van der Waals surface area contributed by atoms with Crippen LogP contribution in [-0.2, 0) is 13.2 Å². The van der Waals surface area contributed by atoms with Crippen LogP contribution in [0.2, 0.25) is 0 Å². The molecule has 0 radical (unpaired) electrons. The van der Waals surface area contributed by atoms with Crippen molar-refractivity contribution in [2.24, 2.45) is 0 Å². The highest BCUT2D eigenvalue weighted by atomic mass is 19.1. The molecule has 2 heterocycles. The summed E-state index contributed by atoms with van der Waals surface area (Å²) in [6, 6.07) is 10.1. The monoisotopic (exact) mass is 337 g/mol. The summed E-state index contributed by atoms with van der Waals surface area (Å²) in [5.41, 5.74) is 4.38. The molecule has 128 valence electrons. The molecule has 0 aliphatic carbocycles. The number of aryl methyl sites for hydroxylation is 2.